The summed E-state index contributed by atoms with van der Waals surface area (Å²) in [5, 5.41) is 0. The van der Waals surface area contributed by atoms with Crippen LogP contribution in [-0.4, -0.2) is 99.8 Å². The Labute approximate surface area is 459 Å². The number of rotatable bonds is 11. The number of pyridine rings is 1. The van der Waals surface area contributed by atoms with Gasteiger partial charge in [-0.25, -0.2) is 0 Å². The van der Waals surface area contributed by atoms with Gasteiger partial charge >= 0.3 is 0 Å². The van der Waals surface area contributed by atoms with E-state index < -0.39 is 0 Å². The van der Waals surface area contributed by atoms with Crippen molar-refractivity contribution >= 4 is 40.9 Å². The van der Waals surface area contributed by atoms with Gasteiger partial charge in [0.1, 0.15) is 5.69 Å². The Kier molecular flexibility index (Phi) is 34.4. The van der Waals surface area contributed by atoms with Crippen molar-refractivity contribution in [3.63, 3.8) is 0 Å². The second kappa shape index (κ2) is 38.4. The summed E-state index contributed by atoms with van der Waals surface area (Å²) >= 11 is 0. The molecule has 3 amide bonds. The van der Waals surface area contributed by atoms with Crippen molar-refractivity contribution in [1.82, 2.24) is 19.7 Å². The Balaban J connectivity index is 0.000000443. The largest absolute Gasteiger partial charge is 0.342 e. The molecule has 0 spiro atoms. The summed E-state index contributed by atoms with van der Waals surface area (Å²) in [5.74, 6) is 2.55. The SMILES string of the molecule is CC(C)C(=O)N1CCCC1.CC(C)C(=O)N1CCCCC1.CC(C)C(=O)N1CCCCC1.CC(C)C(=O)c1ccccc1.CC(C)C(=O)c1ccccc1.CC(C)C(=O)c1ccccc1.CC(C)C(=O)c1ccccn1. The van der Waals surface area contributed by atoms with Gasteiger partial charge in [-0.3, -0.25) is 38.5 Å². The van der Waals surface area contributed by atoms with Crippen LogP contribution in [0.5, 0.6) is 0 Å². The van der Waals surface area contributed by atoms with Crippen LogP contribution in [0.15, 0.2) is 115 Å². The second-order valence-corrected chi connectivity index (χ2v) is 21.7. The molecule has 0 atom stereocenters. The molecule has 1 aromatic heterocycles. The average molecular weight is 1050 g/mol. The number of nitrogens with zero attached hydrogens (tertiary/aromatic N) is 4. The van der Waals surface area contributed by atoms with E-state index in [9.17, 15) is 33.6 Å². The topological polar surface area (TPSA) is 142 Å². The molecular formula is C65H96N4O7. The highest BCUT2D eigenvalue weighted by Gasteiger charge is 2.21. The van der Waals surface area contributed by atoms with Crippen LogP contribution in [0.25, 0.3) is 0 Å². The molecule has 7 rings (SSSR count). The van der Waals surface area contributed by atoms with Crippen molar-refractivity contribution in [2.24, 2.45) is 41.4 Å². The molecule has 3 aliphatic rings. The lowest BCUT2D eigenvalue weighted by molar-refractivity contribution is -0.136. The van der Waals surface area contributed by atoms with Gasteiger partial charge in [-0.15, -0.1) is 0 Å². The van der Waals surface area contributed by atoms with Crippen molar-refractivity contribution in [3.8, 4) is 0 Å². The minimum Gasteiger partial charge on any atom is -0.342 e. The van der Waals surface area contributed by atoms with E-state index in [2.05, 4.69) is 4.98 Å². The number of hydrogen-bond acceptors (Lipinski definition) is 8. The molecule has 0 unspecified atom stereocenters. The summed E-state index contributed by atoms with van der Waals surface area (Å²) in [4.78, 5) is 89.3. The zero-order valence-electron chi connectivity index (χ0n) is 49.1. The molecule has 4 heterocycles. The Hall–Kier alpha value is -6.10. The number of likely N-dealkylation sites (tertiary alicyclic amines) is 3. The molecule has 3 aliphatic heterocycles. The highest BCUT2D eigenvalue weighted by Crippen LogP contribution is 2.15. The molecule has 0 aliphatic carbocycles. The first-order chi connectivity index (χ1) is 36.0. The van der Waals surface area contributed by atoms with Gasteiger partial charge in [0.25, 0.3) is 0 Å². The third kappa shape index (κ3) is 27.6. The van der Waals surface area contributed by atoms with Crippen LogP contribution in [-0.2, 0) is 14.4 Å². The van der Waals surface area contributed by atoms with Crippen molar-refractivity contribution in [2.45, 2.75) is 148 Å². The summed E-state index contributed by atoms with van der Waals surface area (Å²) in [7, 11) is 0. The van der Waals surface area contributed by atoms with E-state index in [0.29, 0.717) is 23.4 Å². The van der Waals surface area contributed by atoms with Crippen LogP contribution >= 0.6 is 0 Å². The molecule has 76 heavy (non-hydrogen) atoms. The maximum absolute atomic E-state index is 11.4. The fraction of sp³-hybridized carbons (Fsp3) is 0.538. The quantitative estimate of drug-likeness (QED) is 0.135. The molecule has 4 aromatic rings. The normalized spacial score (nSPS) is 13.8. The smallest absolute Gasteiger partial charge is 0.225 e. The highest BCUT2D eigenvalue weighted by molar-refractivity contribution is 5.98. The molecule has 0 N–H and O–H groups in total. The number of ketones is 4. The first-order valence-electron chi connectivity index (χ1n) is 28.1. The van der Waals surface area contributed by atoms with Crippen molar-refractivity contribution in [3.05, 3.63) is 138 Å². The van der Waals surface area contributed by atoms with Crippen LogP contribution in [0.1, 0.15) is 190 Å². The molecule has 11 nitrogen and oxygen atoms in total. The van der Waals surface area contributed by atoms with Crippen LogP contribution in [0.2, 0.25) is 0 Å². The van der Waals surface area contributed by atoms with Crippen LogP contribution in [0.4, 0.5) is 0 Å². The number of carbonyl (C=O) groups excluding carboxylic acids is 7. The fourth-order valence-electron chi connectivity index (χ4n) is 7.87. The number of benzene rings is 3. The minimum absolute atomic E-state index is 0.0323. The predicted octanol–water partition coefficient (Wildman–Crippen LogP) is 14.1. The van der Waals surface area contributed by atoms with Gasteiger partial charge in [-0.1, -0.05) is 194 Å². The number of amides is 3. The van der Waals surface area contributed by atoms with E-state index in [0.717, 1.165) is 56.0 Å². The van der Waals surface area contributed by atoms with Crippen molar-refractivity contribution in [2.75, 3.05) is 39.3 Å². The predicted molar refractivity (Wildman–Crippen MR) is 311 cm³/mol. The van der Waals surface area contributed by atoms with E-state index in [-0.39, 0.29) is 64.6 Å². The molecule has 418 valence electrons. The third-order valence-corrected chi connectivity index (χ3v) is 12.4. The molecule has 0 saturated carbocycles. The number of piperidine rings is 2. The summed E-state index contributed by atoms with van der Waals surface area (Å²) in [6.45, 7) is 32.9. The Bertz CT molecular complexity index is 1990. The first kappa shape index (κ1) is 67.9. The molecule has 0 bridgehead atoms. The molecule has 3 fully saturated rings. The van der Waals surface area contributed by atoms with Gasteiger partial charge < -0.3 is 14.7 Å². The van der Waals surface area contributed by atoms with Gasteiger partial charge in [0.05, 0.1) is 0 Å². The average Bonchev–Trinajstić information content (AvgIpc) is 3.99. The molecule has 3 saturated heterocycles. The maximum Gasteiger partial charge on any atom is 0.225 e. The van der Waals surface area contributed by atoms with Crippen LogP contribution in [0, 0.1) is 41.4 Å². The zero-order chi connectivity index (χ0) is 57.2. The standard InChI is InChI=1S/3C10H12O.2C9H17NO.C9H11NO.C8H15NO/c3*1-8(2)10(11)9-6-4-3-5-7-9;2*1-8(2)9(11)10-6-4-3-5-7-10;1-7(2)9(11)8-5-3-4-6-10-8;1-7(2)8(10)9-5-3-4-6-9/h3*3-8H,1-2H3;2*8H,3-7H2,1-2H3;3-7H,1-2H3;7H,3-6H2,1-2H3. The lowest BCUT2D eigenvalue weighted by Gasteiger charge is -2.28. The highest BCUT2D eigenvalue weighted by atomic mass is 16.2. The van der Waals surface area contributed by atoms with Crippen molar-refractivity contribution in [1.29, 1.82) is 0 Å². The zero-order valence-corrected chi connectivity index (χ0v) is 49.1. The van der Waals surface area contributed by atoms with E-state index in [1.165, 1.54) is 51.4 Å². The van der Waals surface area contributed by atoms with Crippen LogP contribution in [0.3, 0.4) is 0 Å². The summed E-state index contributed by atoms with van der Waals surface area (Å²) in [5.41, 5.74) is 2.98. The summed E-state index contributed by atoms with van der Waals surface area (Å²) in [6.07, 6.45) is 11.4. The maximum atomic E-state index is 11.4. The lowest BCUT2D eigenvalue weighted by atomic mass is 10.0. The monoisotopic (exact) mass is 1040 g/mol. The minimum atomic E-state index is 0.0323. The van der Waals surface area contributed by atoms with E-state index in [1.807, 2.05) is 209 Å². The summed E-state index contributed by atoms with van der Waals surface area (Å²) in [6, 6.07) is 33.5. The summed E-state index contributed by atoms with van der Waals surface area (Å²) < 4.78 is 0. The van der Waals surface area contributed by atoms with Gasteiger partial charge in [-0.2, -0.15) is 0 Å². The number of Topliss-reactive ketones (excluding diaryl/α,β-unsaturated/α-hetero) is 4. The Morgan fingerprint density at radius 1 is 0.303 bits per heavy atom. The number of hydrogen-bond donors (Lipinski definition) is 0. The van der Waals surface area contributed by atoms with Crippen LogP contribution < -0.4 is 0 Å². The first-order valence-corrected chi connectivity index (χ1v) is 28.1. The molecular weight excluding hydrogens is 949 g/mol. The number of carbonyl (C=O) groups is 7. The van der Waals surface area contributed by atoms with Gasteiger partial charge in [0.15, 0.2) is 23.1 Å². The second-order valence-electron chi connectivity index (χ2n) is 21.7. The van der Waals surface area contributed by atoms with E-state index in [1.54, 1.807) is 18.3 Å². The fourth-order valence-corrected chi connectivity index (χ4v) is 7.87. The Morgan fingerprint density at radius 3 is 0.750 bits per heavy atom. The third-order valence-electron chi connectivity index (χ3n) is 12.4. The Morgan fingerprint density at radius 2 is 0.539 bits per heavy atom. The van der Waals surface area contributed by atoms with E-state index >= 15 is 0 Å². The van der Waals surface area contributed by atoms with Gasteiger partial charge in [-0.05, 0) is 63.5 Å². The van der Waals surface area contributed by atoms with Crippen molar-refractivity contribution < 1.29 is 33.6 Å². The molecule has 3 aromatic carbocycles. The number of aromatic nitrogens is 1. The molecule has 0 radical (unpaired) electrons. The van der Waals surface area contributed by atoms with E-state index in [4.69, 9.17) is 0 Å². The molecule has 11 heteroatoms. The lowest BCUT2D eigenvalue weighted by Crippen LogP contribution is -2.38. The van der Waals surface area contributed by atoms with Gasteiger partial charge in [0, 0.05) is 104 Å². The van der Waals surface area contributed by atoms with Gasteiger partial charge in [0.2, 0.25) is 17.7 Å².